The molecular weight excluding hydrogens is 620 g/mol. The van der Waals surface area contributed by atoms with Crippen LogP contribution in [0.2, 0.25) is 0 Å². The van der Waals surface area contributed by atoms with Gasteiger partial charge in [0.15, 0.2) is 11.6 Å². The fourth-order valence-electron chi connectivity index (χ4n) is 5.54. The predicted octanol–water partition coefficient (Wildman–Crippen LogP) is 7.14. The first-order valence-corrected chi connectivity index (χ1v) is 17.4. The number of carbonyl (C=O) groups excluding carboxylic acids is 6. The maximum atomic E-state index is 13.7. The van der Waals surface area contributed by atoms with E-state index in [1.807, 2.05) is 0 Å². The molecule has 0 amide bonds. The standard InChI is InChI=1S/C36H52N2O10/c1-7-13-15-17-19-23-27(33(41)45-9-3)31(37-29(23)35(43)47-11-5)25(39)21-22-26(40)32-28(34(42)46-10-4)24(20-18-16-14-8-2)30(38-32)36(44)48-12-6/h37-38H,7-22H2,1-6H3. The number of hydrogen-bond acceptors (Lipinski definition) is 10. The molecule has 0 saturated heterocycles. The average Bonchev–Trinajstić information content (AvgIpc) is 3.64. The zero-order valence-electron chi connectivity index (χ0n) is 29.4. The highest BCUT2D eigenvalue weighted by Gasteiger charge is 2.33. The summed E-state index contributed by atoms with van der Waals surface area (Å²) in [6.07, 6.45) is 6.90. The molecule has 266 valence electrons. The summed E-state index contributed by atoms with van der Waals surface area (Å²) < 4.78 is 21.0. The third-order valence-electron chi connectivity index (χ3n) is 7.82. The van der Waals surface area contributed by atoms with E-state index in [-0.39, 0.29) is 73.2 Å². The Labute approximate surface area is 283 Å². The van der Waals surface area contributed by atoms with Crippen molar-refractivity contribution in [2.45, 2.75) is 119 Å². The Kier molecular flexibility index (Phi) is 17.4. The zero-order chi connectivity index (χ0) is 35.6. The van der Waals surface area contributed by atoms with Gasteiger partial charge in [0, 0.05) is 12.8 Å². The molecule has 0 radical (unpaired) electrons. The highest BCUT2D eigenvalue weighted by atomic mass is 16.5. The SMILES string of the molecule is CCCCCCc1c(C(=O)OCC)[nH]c(C(=O)CCC(=O)c2[nH]c(C(=O)OCC)c(CCCCCC)c2C(=O)OCC)c1C(=O)OCC. The second-order valence-corrected chi connectivity index (χ2v) is 11.3. The lowest BCUT2D eigenvalue weighted by atomic mass is 9.97. The second kappa shape index (κ2) is 20.9. The van der Waals surface area contributed by atoms with E-state index in [1.165, 1.54) is 0 Å². The van der Waals surface area contributed by atoms with Crippen molar-refractivity contribution in [3.8, 4) is 0 Å². The summed E-state index contributed by atoms with van der Waals surface area (Å²) in [5.41, 5.74) is 0.335. The van der Waals surface area contributed by atoms with Crippen molar-refractivity contribution in [2.24, 2.45) is 0 Å². The van der Waals surface area contributed by atoms with Crippen molar-refractivity contribution in [3.05, 3.63) is 45.0 Å². The first kappa shape index (κ1) is 40.0. The molecule has 0 bridgehead atoms. The predicted molar refractivity (Wildman–Crippen MR) is 179 cm³/mol. The molecule has 2 rings (SSSR count). The van der Waals surface area contributed by atoms with Gasteiger partial charge in [-0.2, -0.15) is 0 Å². The lowest BCUT2D eigenvalue weighted by Crippen LogP contribution is -2.15. The van der Waals surface area contributed by atoms with Gasteiger partial charge >= 0.3 is 23.9 Å². The van der Waals surface area contributed by atoms with Gasteiger partial charge in [0.2, 0.25) is 0 Å². The number of ketones is 2. The van der Waals surface area contributed by atoms with E-state index >= 15 is 0 Å². The Morgan fingerprint density at radius 1 is 0.438 bits per heavy atom. The van der Waals surface area contributed by atoms with E-state index in [1.54, 1.807) is 27.7 Å². The Balaban J connectivity index is 2.53. The van der Waals surface area contributed by atoms with Crippen LogP contribution in [-0.2, 0) is 31.8 Å². The fourth-order valence-corrected chi connectivity index (χ4v) is 5.54. The summed E-state index contributed by atoms with van der Waals surface area (Å²) in [7, 11) is 0. The van der Waals surface area contributed by atoms with Gasteiger partial charge in [-0.15, -0.1) is 0 Å². The Hall–Kier alpha value is -4.22. The van der Waals surface area contributed by atoms with E-state index < -0.39 is 35.4 Å². The Morgan fingerprint density at radius 2 is 0.771 bits per heavy atom. The van der Waals surface area contributed by atoms with E-state index in [4.69, 9.17) is 18.9 Å². The van der Waals surface area contributed by atoms with Crippen molar-refractivity contribution in [2.75, 3.05) is 26.4 Å². The van der Waals surface area contributed by atoms with Crippen molar-refractivity contribution < 1.29 is 47.7 Å². The molecule has 2 heterocycles. The Bertz CT molecular complexity index is 1310. The quantitative estimate of drug-likeness (QED) is 0.0535. The van der Waals surface area contributed by atoms with Crippen molar-refractivity contribution in [3.63, 3.8) is 0 Å². The van der Waals surface area contributed by atoms with Crippen LogP contribution in [0.4, 0.5) is 0 Å². The van der Waals surface area contributed by atoms with Gasteiger partial charge in [-0.05, 0) is 64.5 Å². The van der Waals surface area contributed by atoms with Gasteiger partial charge in [0.05, 0.1) is 48.9 Å². The third kappa shape index (κ3) is 10.6. The normalized spacial score (nSPS) is 10.9. The molecule has 0 unspecified atom stereocenters. The minimum atomic E-state index is -0.759. The first-order chi connectivity index (χ1) is 23.1. The van der Waals surface area contributed by atoms with Crippen LogP contribution in [0.5, 0.6) is 0 Å². The minimum Gasteiger partial charge on any atom is -0.462 e. The highest BCUT2D eigenvalue weighted by molar-refractivity contribution is 6.12. The summed E-state index contributed by atoms with van der Waals surface area (Å²) in [5.74, 6) is -4.13. The number of Topliss-reactive ketones (excluding diaryl/α,β-unsaturated/α-hetero) is 2. The van der Waals surface area contributed by atoms with Crippen LogP contribution in [0, 0.1) is 0 Å². The van der Waals surface area contributed by atoms with Gasteiger partial charge in [0.25, 0.3) is 0 Å². The van der Waals surface area contributed by atoms with Gasteiger partial charge in [-0.1, -0.05) is 52.4 Å². The summed E-state index contributed by atoms with van der Waals surface area (Å²) in [6, 6.07) is 0. The molecule has 0 atom stereocenters. The molecule has 0 aliphatic rings. The number of carbonyl (C=O) groups is 6. The summed E-state index contributed by atoms with van der Waals surface area (Å²) in [5, 5.41) is 0. The van der Waals surface area contributed by atoms with E-state index in [9.17, 15) is 28.8 Å². The minimum absolute atomic E-state index is 0.00633. The number of esters is 4. The number of nitrogens with one attached hydrogen (secondary N) is 2. The summed E-state index contributed by atoms with van der Waals surface area (Å²) in [6.45, 7) is 11.0. The molecule has 12 nitrogen and oxygen atoms in total. The number of aromatic nitrogens is 2. The lowest BCUT2D eigenvalue weighted by Gasteiger charge is -2.09. The van der Waals surface area contributed by atoms with E-state index in [0.29, 0.717) is 36.8 Å². The van der Waals surface area contributed by atoms with Crippen LogP contribution >= 0.6 is 0 Å². The van der Waals surface area contributed by atoms with Crippen LogP contribution < -0.4 is 0 Å². The fraction of sp³-hybridized carbons (Fsp3) is 0.611. The molecule has 12 heteroatoms. The molecule has 0 fully saturated rings. The number of hydrogen-bond donors (Lipinski definition) is 2. The molecule has 0 spiro atoms. The molecule has 0 aromatic carbocycles. The van der Waals surface area contributed by atoms with Gasteiger partial charge in [0.1, 0.15) is 11.4 Å². The van der Waals surface area contributed by atoms with Crippen molar-refractivity contribution in [1.82, 2.24) is 9.97 Å². The molecule has 2 aromatic heterocycles. The number of aromatic amines is 2. The molecule has 0 aliphatic carbocycles. The summed E-state index contributed by atoms with van der Waals surface area (Å²) >= 11 is 0. The maximum absolute atomic E-state index is 13.7. The molecule has 0 saturated carbocycles. The van der Waals surface area contributed by atoms with Gasteiger partial charge < -0.3 is 28.9 Å². The molecule has 2 N–H and O–H groups in total. The van der Waals surface area contributed by atoms with E-state index in [2.05, 4.69) is 23.8 Å². The highest BCUT2D eigenvalue weighted by Crippen LogP contribution is 2.28. The number of rotatable bonds is 23. The van der Waals surface area contributed by atoms with Crippen LogP contribution in [0.15, 0.2) is 0 Å². The number of ether oxygens (including phenoxy) is 4. The maximum Gasteiger partial charge on any atom is 0.355 e. The smallest absolute Gasteiger partial charge is 0.355 e. The van der Waals surface area contributed by atoms with Crippen LogP contribution in [0.3, 0.4) is 0 Å². The monoisotopic (exact) mass is 672 g/mol. The zero-order valence-corrected chi connectivity index (χ0v) is 29.4. The molecule has 2 aromatic rings. The molecule has 48 heavy (non-hydrogen) atoms. The average molecular weight is 673 g/mol. The summed E-state index contributed by atoms with van der Waals surface area (Å²) in [4.78, 5) is 85.3. The Morgan fingerprint density at radius 3 is 1.08 bits per heavy atom. The van der Waals surface area contributed by atoms with Crippen LogP contribution in [-0.4, -0.2) is 71.8 Å². The third-order valence-corrected chi connectivity index (χ3v) is 7.82. The van der Waals surface area contributed by atoms with Crippen LogP contribution in [0.25, 0.3) is 0 Å². The number of unbranched alkanes of at least 4 members (excludes halogenated alkanes) is 6. The van der Waals surface area contributed by atoms with Gasteiger partial charge in [-0.3, -0.25) is 9.59 Å². The van der Waals surface area contributed by atoms with E-state index in [0.717, 1.165) is 38.5 Å². The number of H-pyrrole nitrogens is 2. The van der Waals surface area contributed by atoms with Crippen LogP contribution in [0.1, 0.15) is 180 Å². The topological polar surface area (TPSA) is 171 Å². The lowest BCUT2D eigenvalue weighted by molar-refractivity contribution is 0.0504. The van der Waals surface area contributed by atoms with Crippen molar-refractivity contribution >= 4 is 35.4 Å². The van der Waals surface area contributed by atoms with Gasteiger partial charge in [-0.25, -0.2) is 19.2 Å². The van der Waals surface area contributed by atoms with Crippen molar-refractivity contribution in [1.29, 1.82) is 0 Å². The second-order valence-electron chi connectivity index (χ2n) is 11.3. The molecular formula is C36H52N2O10. The first-order valence-electron chi connectivity index (χ1n) is 17.4. The molecule has 0 aliphatic heterocycles. The largest absolute Gasteiger partial charge is 0.462 e.